The van der Waals surface area contributed by atoms with E-state index < -0.39 is 33.8 Å². The average molecular weight is 256 g/mol. The van der Waals surface area contributed by atoms with Crippen molar-refractivity contribution < 1.29 is 31.3 Å². The lowest BCUT2D eigenvalue weighted by Crippen LogP contribution is -2.16. The highest BCUT2D eigenvalue weighted by atomic mass is 31.2. The van der Waals surface area contributed by atoms with Crippen LogP contribution in [0.1, 0.15) is 0 Å². The van der Waals surface area contributed by atoms with Crippen LogP contribution in [-0.2, 0) is 18.1 Å². The number of alkyl halides is 3. The molecule has 0 N–H and O–H groups in total. The zero-order valence-corrected chi connectivity index (χ0v) is 8.83. The predicted molar refractivity (Wildman–Crippen MR) is 49.2 cm³/mol. The molecule has 0 heterocycles. The Morgan fingerprint density at radius 1 is 1.12 bits per heavy atom. The van der Waals surface area contributed by atoms with Crippen LogP contribution in [-0.4, -0.2) is 26.0 Å². The smallest absolute Gasteiger partial charge is 0.274 e. The predicted octanol–water partition coefficient (Wildman–Crippen LogP) is 1.97. The summed E-state index contributed by atoms with van der Waals surface area (Å²) < 4.78 is 59.9. The minimum atomic E-state index is -4.50. The molecule has 0 radical (unpaired) electrons. The SMILES string of the molecule is C#CCOP(=O)(OCC#C)OC(F)C(F)F. The Hall–Kier alpha value is -0.980. The molecular formula is C8H8F3O4P. The van der Waals surface area contributed by atoms with Gasteiger partial charge in [-0.15, -0.1) is 12.8 Å². The van der Waals surface area contributed by atoms with Crippen LogP contribution < -0.4 is 0 Å². The molecule has 1 atom stereocenters. The van der Waals surface area contributed by atoms with Gasteiger partial charge in [0.2, 0.25) is 0 Å². The molecule has 4 nitrogen and oxygen atoms in total. The van der Waals surface area contributed by atoms with Crippen molar-refractivity contribution in [2.45, 2.75) is 12.8 Å². The van der Waals surface area contributed by atoms with Gasteiger partial charge >= 0.3 is 7.82 Å². The Labute approximate surface area is 90.7 Å². The van der Waals surface area contributed by atoms with Gasteiger partial charge in [0.15, 0.2) is 0 Å². The molecule has 8 heteroatoms. The van der Waals surface area contributed by atoms with Gasteiger partial charge in [-0.2, -0.15) is 0 Å². The van der Waals surface area contributed by atoms with Crippen LogP contribution in [0.2, 0.25) is 0 Å². The van der Waals surface area contributed by atoms with Crippen LogP contribution in [0.4, 0.5) is 13.2 Å². The number of phosphoric acid groups is 1. The first-order valence-corrected chi connectivity index (χ1v) is 5.28. The molecule has 0 spiro atoms. The molecule has 0 aliphatic carbocycles. The number of rotatable bonds is 7. The minimum Gasteiger partial charge on any atom is -0.274 e. The number of halogens is 3. The lowest BCUT2D eigenvalue weighted by atomic mass is 10.7. The molecule has 0 saturated heterocycles. The zero-order chi connectivity index (χ0) is 12.6. The van der Waals surface area contributed by atoms with E-state index in [2.05, 4.69) is 13.6 Å². The van der Waals surface area contributed by atoms with Crippen LogP contribution in [0.15, 0.2) is 0 Å². The lowest BCUT2D eigenvalue weighted by Gasteiger charge is -2.17. The highest BCUT2D eigenvalue weighted by Crippen LogP contribution is 2.51. The second kappa shape index (κ2) is 7.32. The third kappa shape index (κ3) is 5.79. The number of hydrogen-bond donors (Lipinski definition) is 0. The van der Waals surface area contributed by atoms with Crippen molar-refractivity contribution in [1.29, 1.82) is 0 Å². The number of phosphoric ester groups is 1. The van der Waals surface area contributed by atoms with Gasteiger partial charge in [-0.05, 0) is 0 Å². The second-order valence-electron chi connectivity index (χ2n) is 2.19. The van der Waals surface area contributed by atoms with E-state index in [0.717, 1.165) is 0 Å². The molecular weight excluding hydrogens is 248 g/mol. The molecule has 0 aliphatic heterocycles. The Kier molecular flexibility index (Phi) is 6.87. The summed E-state index contributed by atoms with van der Waals surface area (Å²) in [5.74, 6) is 3.77. The first-order valence-electron chi connectivity index (χ1n) is 3.82. The Morgan fingerprint density at radius 2 is 1.56 bits per heavy atom. The third-order valence-electron chi connectivity index (χ3n) is 1.04. The molecule has 0 aromatic heterocycles. The summed E-state index contributed by atoms with van der Waals surface area (Å²) >= 11 is 0. The van der Waals surface area contributed by atoms with E-state index in [4.69, 9.17) is 12.8 Å². The van der Waals surface area contributed by atoms with Crippen molar-refractivity contribution in [1.82, 2.24) is 0 Å². The highest BCUT2D eigenvalue weighted by Gasteiger charge is 2.35. The van der Waals surface area contributed by atoms with Crippen LogP contribution in [0.25, 0.3) is 0 Å². The molecule has 0 bridgehead atoms. The maximum atomic E-state index is 12.5. The Morgan fingerprint density at radius 3 is 1.88 bits per heavy atom. The van der Waals surface area contributed by atoms with Gasteiger partial charge in [-0.3, -0.25) is 9.05 Å². The molecule has 0 fully saturated rings. The fraction of sp³-hybridized carbons (Fsp3) is 0.500. The maximum Gasteiger partial charge on any atom is 0.479 e. The van der Waals surface area contributed by atoms with Crippen molar-refractivity contribution in [3.63, 3.8) is 0 Å². The molecule has 1 unspecified atom stereocenters. The van der Waals surface area contributed by atoms with Crippen molar-refractivity contribution in [3.05, 3.63) is 0 Å². The van der Waals surface area contributed by atoms with Crippen LogP contribution >= 0.6 is 7.82 Å². The van der Waals surface area contributed by atoms with E-state index in [0.29, 0.717) is 0 Å². The largest absolute Gasteiger partial charge is 0.479 e. The summed E-state index contributed by atoms with van der Waals surface area (Å²) in [6.45, 7) is -1.12. The van der Waals surface area contributed by atoms with Crippen LogP contribution in [0.5, 0.6) is 0 Å². The van der Waals surface area contributed by atoms with Gasteiger partial charge in [-0.1, -0.05) is 11.8 Å². The standard InChI is InChI=1S/C8H8F3O4P/c1-3-5-13-16(12,14-6-4-2)15-8(11)7(9)10/h1-2,7-8H,5-6H2. The van der Waals surface area contributed by atoms with Crippen molar-refractivity contribution in [2.24, 2.45) is 0 Å². The van der Waals surface area contributed by atoms with Crippen LogP contribution in [0.3, 0.4) is 0 Å². The fourth-order valence-corrected chi connectivity index (χ4v) is 1.50. The summed E-state index contributed by atoms with van der Waals surface area (Å²) in [6.07, 6.45) is 2.93. The zero-order valence-electron chi connectivity index (χ0n) is 7.94. The van der Waals surface area contributed by atoms with Gasteiger partial charge in [0.05, 0.1) is 0 Å². The number of terminal acetylenes is 2. The van der Waals surface area contributed by atoms with Crippen molar-refractivity contribution >= 4 is 7.82 Å². The van der Waals surface area contributed by atoms with E-state index in [1.165, 1.54) is 0 Å². The molecule has 0 aliphatic rings. The number of hydrogen-bond acceptors (Lipinski definition) is 4. The van der Waals surface area contributed by atoms with Gasteiger partial charge < -0.3 is 0 Å². The summed E-state index contributed by atoms with van der Waals surface area (Å²) in [7, 11) is -4.50. The van der Waals surface area contributed by atoms with E-state index in [1.54, 1.807) is 0 Å². The maximum absolute atomic E-state index is 12.5. The van der Waals surface area contributed by atoms with Crippen LogP contribution in [0, 0.1) is 24.7 Å². The topological polar surface area (TPSA) is 44.8 Å². The van der Waals surface area contributed by atoms with E-state index >= 15 is 0 Å². The fourth-order valence-electron chi connectivity index (χ4n) is 0.500. The normalized spacial score (nSPS) is 13.1. The second-order valence-corrected chi connectivity index (χ2v) is 3.82. The van der Waals surface area contributed by atoms with Crippen molar-refractivity contribution in [3.8, 4) is 24.7 Å². The van der Waals surface area contributed by atoms with Gasteiger partial charge in [0.1, 0.15) is 13.2 Å². The Balaban J connectivity index is 4.48. The summed E-state index contributed by atoms with van der Waals surface area (Å²) in [5, 5.41) is 0. The molecule has 16 heavy (non-hydrogen) atoms. The first kappa shape index (κ1) is 15.0. The van der Waals surface area contributed by atoms with E-state index in [9.17, 15) is 17.7 Å². The quantitative estimate of drug-likeness (QED) is 0.516. The molecule has 0 aromatic carbocycles. The summed E-state index contributed by atoms with van der Waals surface area (Å²) in [5.41, 5.74) is 0. The first-order chi connectivity index (χ1) is 7.45. The summed E-state index contributed by atoms with van der Waals surface area (Å²) in [6, 6.07) is 0. The monoisotopic (exact) mass is 256 g/mol. The molecule has 0 saturated carbocycles. The minimum absolute atomic E-state index is 0.558. The highest BCUT2D eigenvalue weighted by molar-refractivity contribution is 7.48. The summed E-state index contributed by atoms with van der Waals surface area (Å²) in [4.78, 5) is 0. The third-order valence-corrected chi connectivity index (χ3v) is 2.39. The van der Waals surface area contributed by atoms with Gasteiger partial charge in [-0.25, -0.2) is 22.3 Å². The Bertz CT molecular complexity index is 311. The molecule has 0 rings (SSSR count). The lowest BCUT2D eigenvalue weighted by molar-refractivity contribution is -0.0845. The van der Waals surface area contributed by atoms with Gasteiger partial charge in [0, 0.05) is 0 Å². The van der Waals surface area contributed by atoms with E-state index in [1.807, 2.05) is 11.8 Å². The molecule has 0 amide bonds. The van der Waals surface area contributed by atoms with Gasteiger partial charge in [0.25, 0.3) is 12.8 Å². The molecule has 90 valence electrons. The van der Waals surface area contributed by atoms with Crippen molar-refractivity contribution in [2.75, 3.05) is 13.2 Å². The molecule has 0 aromatic rings. The average Bonchev–Trinajstić information content (AvgIpc) is 2.23. The van der Waals surface area contributed by atoms with E-state index in [-0.39, 0.29) is 0 Å².